The number of hydrogen-bond donors (Lipinski definition) is 2. The van der Waals surface area contributed by atoms with Gasteiger partial charge in [-0.25, -0.2) is 4.98 Å². The first-order valence-corrected chi connectivity index (χ1v) is 11.8. The van der Waals surface area contributed by atoms with Crippen LogP contribution in [0, 0.1) is 0 Å². The van der Waals surface area contributed by atoms with Crippen molar-refractivity contribution in [3.05, 3.63) is 65.7 Å². The van der Waals surface area contributed by atoms with Crippen molar-refractivity contribution in [3.63, 3.8) is 0 Å². The van der Waals surface area contributed by atoms with Gasteiger partial charge in [-0.05, 0) is 42.3 Å². The van der Waals surface area contributed by atoms with Gasteiger partial charge in [0.2, 0.25) is 5.95 Å². The molecule has 33 heavy (non-hydrogen) atoms. The van der Waals surface area contributed by atoms with Crippen molar-refractivity contribution in [2.75, 3.05) is 30.3 Å². The van der Waals surface area contributed by atoms with Gasteiger partial charge in [0.05, 0.1) is 5.39 Å². The molecule has 0 bridgehead atoms. The Labute approximate surface area is 200 Å². The van der Waals surface area contributed by atoms with E-state index in [0.717, 1.165) is 39.4 Å². The van der Waals surface area contributed by atoms with Gasteiger partial charge in [0.1, 0.15) is 16.4 Å². The molecule has 0 saturated carbocycles. The Morgan fingerprint density at radius 3 is 2.76 bits per heavy atom. The average molecular weight is 480 g/mol. The first kappa shape index (κ1) is 21.5. The number of nitrogen functional groups attached to an aromatic ring is 1. The van der Waals surface area contributed by atoms with Crippen LogP contribution in [-0.2, 0) is 4.79 Å². The van der Waals surface area contributed by atoms with Gasteiger partial charge >= 0.3 is 0 Å². The number of amides is 1. The van der Waals surface area contributed by atoms with Crippen molar-refractivity contribution in [1.82, 2.24) is 15.3 Å². The second-order valence-electron chi connectivity index (χ2n) is 7.84. The highest BCUT2D eigenvalue weighted by molar-refractivity contribution is 7.22. The SMILES string of the molecule is Nc1nc(N2CCC(NC(=O)COc3ccc(Cl)cc3)C2)c2cc(-c3ccccc3)sc2n1. The first-order chi connectivity index (χ1) is 16.0. The highest BCUT2D eigenvalue weighted by Gasteiger charge is 2.27. The van der Waals surface area contributed by atoms with Crippen molar-refractivity contribution >= 4 is 50.8 Å². The largest absolute Gasteiger partial charge is 0.484 e. The number of carbonyl (C=O) groups excluding carboxylic acids is 1. The third-order valence-corrected chi connectivity index (χ3v) is 6.81. The van der Waals surface area contributed by atoms with Crippen LogP contribution in [0.15, 0.2) is 60.7 Å². The maximum Gasteiger partial charge on any atom is 0.258 e. The van der Waals surface area contributed by atoms with Gasteiger partial charge in [-0.3, -0.25) is 4.79 Å². The van der Waals surface area contributed by atoms with E-state index < -0.39 is 0 Å². The van der Waals surface area contributed by atoms with Crippen molar-refractivity contribution in [2.45, 2.75) is 12.5 Å². The van der Waals surface area contributed by atoms with E-state index >= 15 is 0 Å². The van der Waals surface area contributed by atoms with Crippen LogP contribution < -0.4 is 20.7 Å². The predicted octanol–water partition coefficient (Wildman–Crippen LogP) is 4.37. The topological polar surface area (TPSA) is 93.4 Å². The standard InChI is InChI=1S/C24H22ClN5O2S/c25-16-6-8-18(9-7-16)32-14-21(31)27-17-10-11-30(13-17)22-19-12-20(15-4-2-1-3-5-15)33-23(19)29-24(26)28-22/h1-9,12,17H,10-11,13-14H2,(H,27,31)(H2,26,28,29). The van der Waals surface area contributed by atoms with Crippen LogP contribution in [0.2, 0.25) is 5.02 Å². The average Bonchev–Trinajstić information content (AvgIpc) is 3.46. The number of hydrogen-bond acceptors (Lipinski definition) is 7. The summed E-state index contributed by atoms with van der Waals surface area (Å²) in [5.41, 5.74) is 7.16. The fourth-order valence-electron chi connectivity index (χ4n) is 3.93. The number of aromatic nitrogens is 2. The molecule has 3 N–H and O–H groups in total. The summed E-state index contributed by atoms with van der Waals surface area (Å²) in [7, 11) is 0. The number of benzene rings is 2. The molecular formula is C24H22ClN5O2S. The number of nitrogens with one attached hydrogen (secondary N) is 1. The third-order valence-electron chi connectivity index (χ3n) is 5.48. The monoisotopic (exact) mass is 479 g/mol. The molecule has 3 heterocycles. The first-order valence-electron chi connectivity index (χ1n) is 10.6. The predicted molar refractivity (Wildman–Crippen MR) is 133 cm³/mol. The lowest BCUT2D eigenvalue weighted by Crippen LogP contribution is -2.39. The van der Waals surface area contributed by atoms with E-state index in [2.05, 4.69) is 38.4 Å². The van der Waals surface area contributed by atoms with Crippen LogP contribution in [0.3, 0.4) is 0 Å². The summed E-state index contributed by atoms with van der Waals surface area (Å²) in [6.07, 6.45) is 0.813. The van der Waals surface area contributed by atoms with Gasteiger partial charge in [0, 0.05) is 29.0 Å². The molecule has 0 radical (unpaired) electrons. The van der Waals surface area contributed by atoms with Crippen LogP contribution in [0.5, 0.6) is 5.75 Å². The minimum absolute atomic E-state index is 0.00443. The second kappa shape index (κ2) is 9.25. The van der Waals surface area contributed by atoms with Crippen LogP contribution >= 0.6 is 22.9 Å². The smallest absolute Gasteiger partial charge is 0.258 e. The highest BCUT2D eigenvalue weighted by atomic mass is 35.5. The fourth-order valence-corrected chi connectivity index (χ4v) is 5.09. The molecule has 0 aliphatic carbocycles. The summed E-state index contributed by atoms with van der Waals surface area (Å²) in [6, 6.07) is 19.3. The number of thiophene rings is 1. The molecule has 1 unspecified atom stereocenters. The second-order valence-corrected chi connectivity index (χ2v) is 9.31. The zero-order valence-electron chi connectivity index (χ0n) is 17.7. The minimum atomic E-state index is -0.161. The molecule has 168 valence electrons. The number of nitrogens with two attached hydrogens (primary N) is 1. The Bertz CT molecular complexity index is 1280. The molecule has 2 aromatic heterocycles. The van der Waals surface area contributed by atoms with Gasteiger partial charge in [-0.1, -0.05) is 41.9 Å². The fraction of sp³-hybridized carbons (Fsp3) is 0.208. The number of halogens is 1. The summed E-state index contributed by atoms with van der Waals surface area (Å²) >= 11 is 7.48. The summed E-state index contributed by atoms with van der Waals surface area (Å²) < 4.78 is 5.54. The molecule has 0 spiro atoms. The van der Waals surface area contributed by atoms with Gasteiger partial charge in [0.15, 0.2) is 6.61 Å². The molecule has 1 aliphatic heterocycles. The van der Waals surface area contributed by atoms with E-state index in [1.54, 1.807) is 35.6 Å². The molecular weight excluding hydrogens is 458 g/mol. The number of anilines is 2. The lowest BCUT2D eigenvalue weighted by Gasteiger charge is -2.19. The van der Waals surface area contributed by atoms with E-state index in [4.69, 9.17) is 22.1 Å². The van der Waals surface area contributed by atoms with Crippen molar-refractivity contribution in [2.24, 2.45) is 0 Å². The van der Waals surface area contributed by atoms with E-state index in [9.17, 15) is 4.79 Å². The van der Waals surface area contributed by atoms with Crippen molar-refractivity contribution in [1.29, 1.82) is 0 Å². The third kappa shape index (κ3) is 4.86. The molecule has 1 aliphatic rings. The van der Waals surface area contributed by atoms with Crippen LogP contribution in [0.4, 0.5) is 11.8 Å². The number of fused-ring (bicyclic) bond motifs is 1. The molecule has 9 heteroatoms. The van der Waals surface area contributed by atoms with Gasteiger partial charge in [-0.2, -0.15) is 4.98 Å². The Morgan fingerprint density at radius 2 is 1.97 bits per heavy atom. The highest BCUT2D eigenvalue weighted by Crippen LogP contribution is 2.37. The maximum absolute atomic E-state index is 12.4. The zero-order valence-corrected chi connectivity index (χ0v) is 19.3. The Morgan fingerprint density at radius 1 is 1.18 bits per heavy atom. The van der Waals surface area contributed by atoms with Gasteiger partial charge < -0.3 is 20.7 Å². The van der Waals surface area contributed by atoms with E-state index in [1.165, 1.54) is 0 Å². The van der Waals surface area contributed by atoms with Crippen molar-refractivity contribution in [3.8, 4) is 16.2 Å². The molecule has 2 aromatic carbocycles. The molecule has 4 aromatic rings. The van der Waals surface area contributed by atoms with E-state index in [-0.39, 0.29) is 24.5 Å². The molecule has 7 nitrogen and oxygen atoms in total. The number of rotatable bonds is 6. The molecule has 5 rings (SSSR count). The molecule has 1 amide bonds. The van der Waals surface area contributed by atoms with E-state index in [1.807, 2.05) is 18.2 Å². The lowest BCUT2D eigenvalue weighted by atomic mass is 10.2. The van der Waals surface area contributed by atoms with Crippen LogP contribution in [-0.4, -0.2) is 41.6 Å². The summed E-state index contributed by atoms with van der Waals surface area (Å²) in [6.45, 7) is 1.37. The Kier molecular flexibility index (Phi) is 6.02. The molecule has 1 saturated heterocycles. The Hall–Kier alpha value is -3.36. The normalized spacial score (nSPS) is 15.7. The Balaban J connectivity index is 1.26. The summed E-state index contributed by atoms with van der Waals surface area (Å²) in [5, 5.41) is 4.65. The minimum Gasteiger partial charge on any atom is -0.484 e. The maximum atomic E-state index is 12.4. The molecule has 1 fully saturated rings. The van der Waals surface area contributed by atoms with Crippen LogP contribution in [0.25, 0.3) is 20.7 Å². The quantitative estimate of drug-likeness (QED) is 0.426. The van der Waals surface area contributed by atoms with Crippen molar-refractivity contribution < 1.29 is 9.53 Å². The molecule has 1 atom stereocenters. The summed E-state index contributed by atoms with van der Waals surface area (Å²) in [4.78, 5) is 25.5. The number of ether oxygens (including phenoxy) is 1. The van der Waals surface area contributed by atoms with Gasteiger partial charge in [0.25, 0.3) is 5.91 Å². The van der Waals surface area contributed by atoms with E-state index in [0.29, 0.717) is 17.3 Å². The summed E-state index contributed by atoms with van der Waals surface area (Å²) in [5.74, 6) is 1.51. The number of nitrogens with zero attached hydrogens (tertiary/aromatic N) is 3. The zero-order chi connectivity index (χ0) is 22.8. The lowest BCUT2D eigenvalue weighted by molar-refractivity contribution is -0.123. The van der Waals surface area contributed by atoms with Gasteiger partial charge in [-0.15, -0.1) is 11.3 Å². The number of carbonyl (C=O) groups is 1. The van der Waals surface area contributed by atoms with Crippen LogP contribution in [0.1, 0.15) is 6.42 Å².